The van der Waals surface area contributed by atoms with Crippen LogP contribution in [-0.4, -0.2) is 17.0 Å². The van der Waals surface area contributed by atoms with Crippen LogP contribution in [0.15, 0.2) is 41.0 Å². The Labute approximate surface area is 121 Å². The molecule has 0 radical (unpaired) electrons. The van der Waals surface area contributed by atoms with Crippen LogP contribution in [0.25, 0.3) is 6.08 Å². The van der Waals surface area contributed by atoms with Crippen molar-refractivity contribution in [3.63, 3.8) is 0 Å². The third-order valence-corrected chi connectivity index (χ3v) is 2.88. The van der Waals surface area contributed by atoms with Crippen molar-refractivity contribution in [1.29, 1.82) is 0 Å². The van der Waals surface area contributed by atoms with Crippen LogP contribution in [0.4, 0.5) is 5.69 Å². The number of hydrogen-bond donors (Lipinski definition) is 2. The Bertz CT molecular complexity index is 713. The number of carbonyl (C=O) groups excluding carboxylic acids is 1. The molecule has 5 nitrogen and oxygen atoms in total. The van der Waals surface area contributed by atoms with Crippen LogP contribution in [0.2, 0.25) is 0 Å². The lowest BCUT2D eigenvalue weighted by atomic mass is 10.1. The van der Waals surface area contributed by atoms with E-state index in [0.717, 1.165) is 11.6 Å². The van der Waals surface area contributed by atoms with Gasteiger partial charge in [0.05, 0.1) is 11.8 Å². The second-order valence-corrected chi connectivity index (χ2v) is 4.65. The predicted octanol–water partition coefficient (Wildman–Crippen LogP) is 3.25. The number of amides is 1. The smallest absolute Gasteiger partial charge is 0.328 e. The Kier molecular flexibility index (Phi) is 4.23. The zero-order valence-corrected chi connectivity index (χ0v) is 11.7. The molecule has 0 aliphatic rings. The molecule has 2 rings (SSSR count). The molecule has 0 fully saturated rings. The third kappa shape index (κ3) is 3.82. The first kappa shape index (κ1) is 14.6. The quantitative estimate of drug-likeness (QED) is 0.845. The van der Waals surface area contributed by atoms with Gasteiger partial charge in [-0.15, -0.1) is 0 Å². The van der Waals surface area contributed by atoms with E-state index in [-0.39, 0.29) is 5.91 Å². The number of aryl methyl sites for hydroxylation is 2. The zero-order chi connectivity index (χ0) is 15.4. The molecule has 5 heteroatoms. The van der Waals surface area contributed by atoms with E-state index in [1.807, 2.05) is 19.1 Å². The highest BCUT2D eigenvalue weighted by molar-refractivity contribution is 6.05. The summed E-state index contributed by atoms with van der Waals surface area (Å²) < 4.78 is 5.10. The van der Waals surface area contributed by atoms with Gasteiger partial charge in [-0.3, -0.25) is 4.79 Å². The van der Waals surface area contributed by atoms with Gasteiger partial charge in [0.1, 0.15) is 5.76 Å². The highest BCUT2D eigenvalue weighted by atomic mass is 16.4. The Hall–Kier alpha value is -2.82. The van der Waals surface area contributed by atoms with Gasteiger partial charge in [-0.05, 0) is 49.2 Å². The SMILES string of the molecule is Cc1cc(/C=C/C(=O)O)cc(NC(=O)c2ccoc2C)c1. The minimum Gasteiger partial charge on any atom is -0.478 e. The van der Waals surface area contributed by atoms with Crippen molar-refractivity contribution >= 4 is 23.6 Å². The monoisotopic (exact) mass is 285 g/mol. The molecular formula is C16H15NO4. The number of benzene rings is 1. The molecule has 0 aliphatic heterocycles. The van der Waals surface area contributed by atoms with Crippen LogP contribution in [-0.2, 0) is 4.79 Å². The molecule has 1 aromatic carbocycles. The van der Waals surface area contributed by atoms with E-state index in [0.29, 0.717) is 22.6 Å². The maximum Gasteiger partial charge on any atom is 0.328 e. The molecule has 0 spiro atoms. The minimum atomic E-state index is -1.02. The van der Waals surface area contributed by atoms with E-state index < -0.39 is 5.97 Å². The first-order chi connectivity index (χ1) is 9.95. The van der Waals surface area contributed by atoms with Crippen molar-refractivity contribution in [2.75, 3.05) is 5.32 Å². The second kappa shape index (κ2) is 6.09. The van der Waals surface area contributed by atoms with Crippen LogP contribution in [0.5, 0.6) is 0 Å². The summed E-state index contributed by atoms with van der Waals surface area (Å²) in [4.78, 5) is 22.6. The number of carbonyl (C=O) groups is 2. The lowest BCUT2D eigenvalue weighted by Crippen LogP contribution is -2.12. The number of aliphatic carboxylic acids is 1. The van der Waals surface area contributed by atoms with Gasteiger partial charge in [0.2, 0.25) is 0 Å². The molecule has 2 aromatic rings. The maximum atomic E-state index is 12.1. The largest absolute Gasteiger partial charge is 0.478 e. The molecule has 0 aliphatic carbocycles. The van der Waals surface area contributed by atoms with E-state index >= 15 is 0 Å². The highest BCUT2D eigenvalue weighted by Crippen LogP contribution is 2.18. The topological polar surface area (TPSA) is 79.5 Å². The number of nitrogens with one attached hydrogen (secondary N) is 1. The van der Waals surface area contributed by atoms with Crippen molar-refractivity contribution in [2.24, 2.45) is 0 Å². The Morgan fingerprint density at radius 3 is 2.62 bits per heavy atom. The van der Waals surface area contributed by atoms with Crippen molar-refractivity contribution in [2.45, 2.75) is 13.8 Å². The Morgan fingerprint density at radius 2 is 2.00 bits per heavy atom. The summed E-state index contributed by atoms with van der Waals surface area (Å²) in [7, 11) is 0. The van der Waals surface area contributed by atoms with Gasteiger partial charge >= 0.3 is 5.97 Å². The van der Waals surface area contributed by atoms with Gasteiger partial charge in [0.15, 0.2) is 0 Å². The number of carboxylic acid groups (broad SMARTS) is 1. The normalized spacial score (nSPS) is 10.8. The van der Waals surface area contributed by atoms with Gasteiger partial charge in [0, 0.05) is 11.8 Å². The summed E-state index contributed by atoms with van der Waals surface area (Å²) in [6.07, 6.45) is 4.00. The van der Waals surface area contributed by atoms with Crippen LogP contribution in [0.1, 0.15) is 27.2 Å². The zero-order valence-electron chi connectivity index (χ0n) is 11.7. The first-order valence-electron chi connectivity index (χ1n) is 6.34. The summed E-state index contributed by atoms with van der Waals surface area (Å²) in [6.45, 7) is 3.59. The van der Waals surface area contributed by atoms with Gasteiger partial charge in [-0.25, -0.2) is 4.79 Å². The molecule has 0 unspecified atom stereocenters. The van der Waals surface area contributed by atoms with Gasteiger partial charge in [-0.2, -0.15) is 0 Å². The summed E-state index contributed by atoms with van der Waals surface area (Å²) in [5, 5.41) is 11.4. The molecule has 1 amide bonds. The van der Waals surface area contributed by atoms with Crippen LogP contribution in [0.3, 0.4) is 0 Å². The molecule has 0 atom stereocenters. The summed E-state index contributed by atoms with van der Waals surface area (Å²) in [5.74, 6) is -0.734. The molecule has 21 heavy (non-hydrogen) atoms. The minimum absolute atomic E-state index is 0.264. The fourth-order valence-corrected chi connectivity index (χ4v) is 1.97. The van der Waals surface area contributed by atoms with Crippen LogP contribution < -0.4 is 5.32 Å². The van der Waals surface area contributed by atoms with Gasteiger partial charge in [-0.1, -0.05) is 6.07 Å². The standard InChI is InChI=1S/C16H15NO4/c1-10-7-12(3-4-15(18)19)9-13(8-10)17-16(20)14-5-6-21-11(14)2/h3-9H,1-2H3,(H,17,20)(H,18,19)/b4-3+. The lowest BCUT2D eigenvalue weighted by Gasteiger charge is -2.07. The van der Waals surface area contributed by atoms with Gasteiger partial charge in [0.25, 0.3) is 5.91 Å². The highest BCUT2D eigenvalue weighted by Gasteiger charge is 2.11. The molecular weight excluding hydrogens is 270 g/mol. The van der Waals surface area contributed by atoms with Crippen LogP contribution >= 0.6 is 0 Å². The molecule has 1 aromatic heterocycles. The van der Waals surface area contributed by atoms with E-state index in [4.69, 9.17) is 9.52 Å². The Balaban J connectivity index is 2.22. The predicted molar refractivity (Wildman–Crippen MR) is 79.2 cm³/mol. The Morgan fingerprint density at radius 1 is 1.24 bits per heavy atom. The molecule has 1 heterocycles. The first-order valence-corrected chi connectivity index (χ1v) is 6.34. The van der Waals surface area contributed by atoms with Crippen molar-refractivity contribution in [3.8, 4) is 0 Å². The maximum absolute atomic E-state index is 12.1. The van der Waals surface area contributed by atoms with E-state index in [1.165, 1.54) is 12.3 Å². The van der Waals surface area contributed by atoms with E-state index in [2.05, 4.69) is 5.32 Å². The molecule has 0 saturated carbocycles. The van der Waals surface area contributed by atoms with E-state index in [1.54, 1.807) is 19.1 Å². The third-order valence-electron chi connectivity index (χ3n) is 2.88. The van der Waals surface area contributed by atoms with Gasteiger partial charge < -0.3 is 14.8 Å². The average Bonchev–Trinajstić information content (AvgIpc) is 2.82. The van der Waals surface area contributed by atoms with Crippen molar-refractivity contribution in [3.05, 3.63) is 59.1 Å². The second-order valence-electron chi connectivity index (χ2n) is 4.65. The van der Waals surface area contributed by atoms with Crippen molar-refractivity contribution < 1.29 is 19.1 Å². The van der Waals surface area contributed by atoms with E-state index in [9.17, 15) is 9.59 Å². The van der Waals surface area contributed by atoms with Crippen LogP contribution in [0, 0.1) is 13.8 Å². The number of anilines is 1. The number of rotatable bonds is 4. The molecule has 108 valence electrons. The fraction of sp³-hybridized carbons (Fsp3) is 0.125. The molecule has 0 saturated heterocycles. The average molecular weight is 285 g/mol. The fourth-order valence-electron chi connectivity index (χ4n) is 1.97. The summed E-state index contributed by atoms with van der Waals surface area (Å²) >= 11 is 0. The summed E-state index contributed by atoms with van der Waals surface area (Å²) in [6, 6.07) is 6.95. The van der Waals surface area contributed by atoms with Crippen molar-refractivity contribution in [1.82, 2.24) is 0 Å². The number of furan rings is 1. The lowest BCUT2D eigenvalue weighted by molar-refractivity contribution is -0.131. The number of hydrogen-bond acceptors (Lipinski definition) is 3. The molecule has 0 bridgehead atoms. The summed E-state index contributed by atoms with van der Waals surface area (Å²) in [5.41, 5.74) is 2.70. The molecule has 2 N–H and O–H groups in total. The number of carboxylic acids is 1.